The fourth-order valence-corrected chi connectivity index (χ4v) is 2.08. The van der Waals surface area contributed by atoms with Crippen molar-refractivity contribution in [2.75, 3.05) is 7.11 Å². The number of aromatic nitrogens is 1. The Hall–Kier alpha value is -1.62. The van der Waals surface area contributed by atoms with Crippen molar-refractivity contribution in [2.24, 2.45) is 0 Å². The molecule has 2 aromatic rings. The largest absolute Gasteiger partial charge is 0.481 e. The Balaban J connectivity index is 2.57. The first kappa shape index (κ1) is 13.8. The van der Waals surface area contributed by atoms with Crippen LogP contribution in [-0.2, 0) is 13.2 Å². The molecule has 4 nitrogen and oxygen atoms in total. The molecule has 0 fully saturated rings. The van der Waals surface area contributed by atoms with Crippen LogP contribution in [0.4, 0.5) is 0 Å². The van der Waals surface area contributed by atoms with Gasteiger partial charge in [0.2, 0.25) is 5.88 Å². The Kier molecular flexibility index (Phi) is 4.37. The number of ether oxygens (including phenoxy) is 1. The minimum Gasteiger partial charge on any atom is -0.481 e. The summed E-state index contributed by atoms with van der Waals surface area (Å²) < 4.78 is 5.08. The number of benzene rings is 1. The fraction of sp³-hybridized carbons (Fsp3) is 0.214. The summed E-state index contributed by atoms with van der Waals surface area (Å²) >= 11 is 6.14. The second-order valence-electron chi connectivity index (χ2n) is 4.01. The minimum atomic E-state index is -0.135. The Bertz CT molecular complexity index is 587. The van der Waals surface area contributed by atoms with Crippen molar-refractivity contribution in [3.05, 3.63) is 46.6 Å². The van der Waals surface area contributed by atoms with Gasteiger partial charge in [-0.3, -0.25) is 0 Å². The zero-order valence-electron chi connectivity index (χ0n) is 10.4. The van der Waals surface area contributed by atoms with E-state index in [0.717, 1.165) is 16.7 Å². The number of halogens is 1. The van der Waals surface area contributed by atoms with Gasteiger partial charge in [0.25, 0.3) is 0 Å². The molecule has 1 heterocycles. The fourth-order valence-electron chi connectivity index (χ4n) is 1.88. The maximum atomic E-state index is 9.45. The molecule has 100 valence electrons. The third kappa shape index (κ3) is 2.87. The highest BCUT2D eigenvalue weighted by Crippen LogP contribution is 2.32. The third-order valence-corrected chi connectivity index (χ3v) is 3.15. The van der Waals surface area contributed by atoms with E-state index < -0.39 is 0 Å². The van der Waals surface area contributed by atoms with Crippen LogP contribution in [0.1, 0.15) is 11.1 Å². The summed E-state index contributed by atoms with van der Waals surface area (Å²) in [6.45, 7) is -0.204. The van der Waals surface area contributed by atoms with E-state index >= 15 is 0 Å². The van der Waals surface area contributed by atoms with E-state index in [-0.39, 0.29) is 13.2 Å². The molecular formula is C14H14ClNO3. The highest BCUT2D eigenvalue weighted by Gasteiger charge is 2.11. The van der Waals surface area contributed by atoms with E-state index in [2.05, 4.69) is 4.98 Å². The second-order valence-corrected chi connectivity index (χ2v) is 4.42. The molecule has 19 heavy (non-hydrogen) atoms. The molecule has 0 unspecified atom stereocenters. The molecule has 0 aliphatic heterocycles. The van der Waals surface area contributed by atoms with Gasteiger partial charge in [0.1, 0.15) is 0 Å². The van der Waals surface area contributed by atoms with Gasteiger partial charge in [0.15, 0.2) is 0 Å². The Morgan fingerprint density at radius 3 is 2.58 bits per heavy atom. The third-order valence-electron chi connectivity index (χ3n) is 2.85. The Labute approximate surface area is 116 Å². The first-order valence-electron chi connectivity index (χ1n) is 5.73. The molecular weight excluding hydrogens is 266 g/mol. The summed E-state index contributed by atoms with van der Waals surface area (Å²) in [5.41, 5.74) is 2.97. The van der Waals surface area contributed by atoms with Crippen LogP contribution in [0.5, 0.6) is 5.88 Å². The molecule has 5 heteroatoms. The van der Waals surface area contributed by atoms with E-state index in [1.807, 2.05) is 6.07 Å². The summed E-state index contributed by atoms with van der Waals surface area (Å²) in [4.78, 5) is 4.02. The first-order chi connectivity index (χ1) is 9.19. The van der Waals surface area contributed by atoms with Crippen LogP contribution in [-0.4, -0.2) is 22.3 Å². The molecule has 2 rings (SSSR count). The molecule has 0 spiro atoms. The van der Waals surface area contributed by atoms with Gasteiger partial charge in [0.05, 0.1) is 31.5 Å². The summed E-state index contributed by atoms with van der Waals surface area (Å²) in [6.07, 6.45) is 1.51. The molecule has 1 aromatic heterocycles. The van der Waals surface area contributed by atoms with E-state index in [1.165, 1.54) is 13.3 Å². The molecule has 0 atom stereocenters. The number of rotatable bonds is 4. The van der Waals surface area contributed by atoms with Crippen molar-refractivity contribution in [3.8, 4) is 17.0 Å². The first-order valence-corrected chi connectivity index (χ1v) is 6.10. The van der Waals surface area contributed by atoms with E-state index in [0.29, 0.717) is 16.5 Å². The van der Waals surface area contributed by atoms with Gasteiger partial charge in [-0.15, -0.1) is 0 Å². The Morgan fingerprint density at radius 2 is 1.95 bits per heavy atom. The average Bonchev–Trinajstić information content (AvgIpc) is 2.47. The normalized spacial score (nSPS) is 10.5. The topological polar surface area (TPSA) is 62.6 Å². The monoisotopic (exact) mass is 279 g/mol. The average molecular weight is 280 g/mol. The van der Waals surface area contributed by atoms with Gasteiger partial charge in [-0.2, -0.15) is 0 Å². The van der Waals surface area contributed by atoms with Crippen LogP contribution in [0.3, 0.4) is 0 Å². The van der Waals surface area contributed by atoms with Crippen molar-refractivity contribution < 1.29 is 14.9 Å². The van der Waals surface area contributed by atoms with Gasteiger partial charge in [-0.05, 0) is 16.7 Å². The molecule has 0 radical (unpaired) electrons. The smallest absolute Gasteiger partial charge is 0.213 e. The van der Waals surface area contributed by atoms with Gasteiger partial charge >= 0.3 is 0 Å². The zero-order valence-corrected chi connectivity index (χ0v) is 11.2. The molecule has 0 aliphatic carbocycles. The second kappa shape index (κ2) is 6.02. The van der Waals surface area contributed by atoms with Crippen LogP contribution < -0.4 is 4.74 Å². The van der Waals surface area contributed by atoms with E-state index in [4.69, 9.17) is 21.4 Å². The van der Waals surface area contributed by atoms with Gasteiger partial charge < -0.3 is 14.9 Å². The molecule has 0 amide bonds. The van der Waals surface area contributed by atoms with Crippen molar-refractivity contribution in [1.82, 2.24) is 4.98 Å². The SMILES string of the molecule is COc1cc(-c2ccc(CO)cc2CO)c(Cl)cn1. The minimum absolute atomic E-state index is 0.0688. The lowest BCUT2D eigenvalue weighted by molar-refractivity contribution is 0.275. The predicted octanol–water partition coefficient (Wildman–Crippen LogP) is 2.40. The molecule has 1 aromatic carbocycles. The molecule has 0 bridgehead atoms. The maximum Gasteiger partial charge on any atom is 0.213 e. The number of nitrogens with zero attached hydrogens (tertiary/aromatic N) is 1. The molecule has 0 saturated carbocycles. The van der Waals surface area contributed by atoms with Gasteiger partial charge in [0, 0.05) is 11.6 Å². The predicted molar refractivity (Wildman–Crippen MR) is 73.1 cm³/mol. The summed E-state index contributed by atoms with van der Waals surface area (Å²) in [5, 5.41) is 19.0. The highest BCUT2D eigenvalue weighted by atomic mass is 35.5. The molecule has 2 N–H and O–H groups in total. The Morgan fingerprint density at radius 1 is 1.16 bits per heavy atom. The molecule has 0 aliphatic rings. The van der Waals surface area contributed by atoms with Crippen molar-refractivity contribution in [1.29, 1.82) is 0 Å². The van der Waals surface area contributed by atoms with Crippen molar-refractivity contribution in [3.63, 3.8) is 0 Å². The number of aliphatic hydroxyl groups is 2. The number of aliphatic hydroxyl groups excluding tert-OH is 2. The van der Waals surface area contributed by atoms with Gasteiger partial charge in [-0.1, -0.05) is 29.8 Å². The van der Waals surface area contributed by atoms with Crippen LogP contribution in [0.25, 0.3) is 11.1 Å². The number of pyridine rings is 1. The zero-order chi connectivity index (χ0) is 13.8. The number of methoxy groups -OCH3 is 1. The van der Waals surface area contributed by atoms with Crippen LogP contribution in [0.15, 0.2) is 30.5 Å². The molecule has 0 saturated heterocycles. The van der Waals surface area contributed by atoms with Gasteiger partial charge in [-0.25, -0.2) is 4.98 Å². The lowest BCUT2D eigenvalue weighted by Gasteiger charge is -2.11. The van der Waals surface area contributed by atoms with Crippen LogP contribution in [0, 0.1) is 0 Å². The van der Waals surface area contributed by atoms with E-state index in [1.54, 1.807) is 18.2 Å². The quantitative estimate of drug-likeness (QED) is 0.902. The maximum absolute atomic E-state index is 9.45. The van der Waals surface area contributed by atoms with Crippen LogP contribution in [0.2, 0.25) is 5.02 Å². The number of hydrogen-bond donors (Lipinski definition) is 2. The summed E-state index contributed by atoms with van der Waals surface area (Å²) in [7, 11) is 1.53. The summed E-state index contributed by atoms with van der Waals surface area (Å²) in [6, 6.07) is 7.07. The van der Waals surface area contributed by atoms with Crippen molar-refractivity contribution in [2.45, 2.75) is 13.2 Å². The highest BCUT2D eigenvalue weighted by molar-refractivity contribution is 6.33. The number of hydrogen-bond acceptors (Lipinski definition) is 4. The van der Waals surface area contributed by atoms with Crippen molar-refractivity contribution >= 4 is 11.6 Å². The van der Waals surface area contributed by atoms with E-state index in [9.17, 15) is 5.11 Å². The standard InChI is InChI=1S/C14H14ClNO3/c1-19-14-5-12(13(15)6-16-14)11-3-2-9(7-17)4-10(11)8-18/h2-6,17-18H,7-8H2,1H3. The van der Waals surface area contributed by atoms with Crippen LogP contribution >= 0.6 is 11.6 Å². The summed E-state index contributed by atoms with van der Waals surface area (Å²) in [5.74, 6) is 0.453. The lowest BCUT2D eigenvalue weighted by atomic mass is 9.98. The lowest BCUT2D eigenvalue weighted by Crippen LogP contribution is -1.95.